The van der Waals surface area contributed by atoms with Crippen LogP contribution in [0.4, 0.5) is 0 Å². The number of aryl methyl sites for hydroxylation is 3. The SMILES string of the molecule is Cc1cc(C)cc(OC(C)C(=O)NC(Cc2c[nH]c3ccccc23)c2cc(=O)[nH]c(C)n2)c1. The van der Waals surface area contributed by atoms with Gasteiger partial charge in [0.2, 0.25) is 0 Å². The van der Waals surface area contributed by atoms with Crippen LogP contribution in [0.15, 0.2) is 59.5 Å². The number of hydrogen-bond acceptors (Lipinski definition) is 4. The molecule has 1 amide bonds. The Morgan fingerprint density at radius 1 is 1.09 bits per heavy atom. The number of H-pyrrole nitrogens is 2. The highest BCUT2D eigenvalue weighted by Crippen LogP contribution is 2.24. The number of fused-ring (bicyclic) bond motifs is 1. The van der Waals surface area contributed by atoms with Gasteiger partial charge in [0, 0.05) is 29.6 Å². The Labute approximate surface area is 192 Å². The van der Waals surface area contributed by atoms with Crippen LogP contribution in [0, 0.1) is 20.8 Å². The summed E-state index contributed by atoms with van der Waals surface area (Å²) < 4.78 is 5.92. The van der Waals surface area contributed by atoms with Crippen LogP contribution in [0.2, 0.25) is 0 Å². The highest BCUT2D eigenvalue weighted by Gasteiger charge is 2.23. The van der Waals surface area contributed by atoms with Gasteiger partial charge in [-0.15, -0.1) is 0 Å². The van der Waals surface area contributed by atoms with Crippen LogP contribution >= 0.6 is 0 Å². The zero-order valence-electron chi connectivity index (χ0n) is 19.2. The normalized spacial score (nSPS) is 13.0. The minimum atomic E-state index is -0.722. The molecule has 2 heterocycles. The molecule has 2 atom stereocenters. The fraction of sp³-hybridized carbons (Fsp3) is 0.269. The molecule has 0 saturated heterocycles. The predicted molar refractivity (Wildman–Crippen MR) is 128 cm³/mol. The molecule has 3 N–H and O–H groups in total. The Morgan fingerprint density at radius 2 is 1.82 bits per heavy atom. The Balaban J connectivity index is 1.60. The molecular weight excluding hydrogens is 416 g/mol. The van der Waals surface area contributed by atoms with Crippen molar-refractivity contribution >= 4 is 16.8 Å². The zero-order chi connectivity index (χ0) is 23.5. The van der Waals surface area contributed by atoms with E-state index < -0.39 is 12.1 Å². The Bertz CT molecular complexity index is 1330. The van der Waals surface area contributed by atoms with Crippen molar-refractivity contribution in [2.75, 3.05) is 0 Å². The fourth-order valence-corrected chi connectivity index (χ4v) is 4.08. The molecule has 7 nitrogen and oxygen atoms in total. The molecule has 2 aromatic heterocycles. The lowest BCUT2D eigenvalue weighted by Gasteiger charge is -2.22. The molecule has 0 saturated carbocycles. The van der Waals surface area contributed by atoms with Gasteiger partial charge in [-0.2, -0.15) is 0 Å². The first kappa shape index (κ1) is 22.3. The molecule has 0 aliphatic heterocycles. The minimum absolute atomic E-state index is 0.254. The smallest absolute Gasteiger partial charge is 0.261 e. The third kappa shape index (κ3) is 5.31. The summed E-state index contributed by atoms with van der Waals surface area (Å²) in [5.74, 6) is 0.863. The molecule has 2 unspecified atom stereocenters. The van der Waals surface area contributed by atoms with Crippen molar-refractivity contribution in [3.63, 3.8) is 0 Å². The van der Waals surface area contributed by atoms with Crippen molar-refractivity contribution < 1.29 is 9.53 Å². The summed E-state index contributed by atoms with van der Waals surface area (Å²) in [4.78, 5) is 35.6. The third-order valence-electron chi connectivity index (χ3n) is 5.53. The lowest BCUT2D eigenvalue weighted by atomic mass is 10.0. The minimum Gasteiger partial charge on any atom is -0.481 e. The summed E-state index contributed by atoms with van der Waals surface area (Å²) >= 11 is 0. The van der Waals surface area contributed by atoms with Gasteiger partial charge < -0.3 is 20.0 Å². The largest absolute Gasteiger partial charge is 0.481 e. The monoisotopic (exact) mass is 444 g/mol. The molecule has 0 spiro atoms. The number of aromatic nitrogens is 3. The molecule has 4 aromatic rings. The number of carbonyl (C=O) groups is 1. The number of ether oxygens (including phenoxy) is 1. The van der Waals surface area contributed by atoms with Crippen molar-refractivity contribution in [1.82, 2.24) is 20.3 Å². The molecule has 7 heteroatoms. The van der Waals surface area contributed by atoms with E-state index in [-0.39, 0.29) is 11.5 Å². The second-order valence-corrected chi connectivity index (χ2v) is 8.46. The van der Waals surface area contributed by atoms with Gasteiger partial charge in [-0.05, 0) is 62.6 Å². The zero-order valence-corrected chi connectivity index (χ0v) is 19.2. The van der Waals surface area contributed by atoms with Gasteiger partial charge in [0.05, 0.1) is 11.7 Å². The Hall–Kier alpha value is -3.87. The maximum atomic E-state index is 13.1. The number of para-hydroxylation sites is 1. The average Bonchev–Trinajstić information content (AvgIpc) is 3.14. The van der Waals surface area contributed by atoms with Gasteiger partial charge in [-0.25, -0.2) is 4.98 Å². The van der Waals surface area contributed by atoms with E-state index in [9.17, 15) is 9.59 Å². The topological polar surface area (TPSA) is 99.9 Å². The number of rotatable bonds is 7. The molecule has 0 aliphatic rings. The van der Waals surface area contributed by atoms with Gasteiger partial charge in [0.1, 0.15) is 11.6 Å². The third-order valence-corrected chi connectivity index (χ3v) is 5.53. The van der Waals surface area contributed by atoms with Crippen molar-refractivity contribution in [3.8, 4) is 5.75 Å². The van der Waals surface area contributed by atoms with Crippen molar-refractivity contribution in [1.29, 1.82) is 0 Å². The van der Waals surface area contributed by atoms with Gasteiger partial charge in [-0.1, -0.05) is 24.3 Å². The molecular formula is C26H28N4O3. The number of nitrogens with zero attached hydrogens (tertiary/aromatic N) is 1. The van der Waals surface area contributed by atoms with Gasteiger partial charge in [0.25, 0.3) is 11.5 Å². The van der Waals surface area contributed by atoms with Crippen LogP contribution in [0.3, 0.4) is 0 Å². The second-order valence-electron chi connectivity index (χ2n) is 8.46. The second kappa shape index (κ2) is 9.32. The molecule has 0 fully saturated rings. The molecule has 2 aromatic carbocycles. The summed E-state index contributed by atoms with van der Waals surface area (Å²) in [6.45, 7) is 7.42. The maximum absolute atomic E-state index is 13.1. The lowest BCUT2D eigenvalue weighted by molar-refractivity contribution is -0.128. The molecule has 4 rings (SSSR count). The molecule has 33 heavy (non-hydrogen) atoms. The number of amides is 1. The first-order chi connectivity index (χ1) is 15.8. The number of benzene rings is 2. The molecule has 0 aliphatic carbocycles. The van der Waals surface area contributed by atoms with Crippen LogP contribution < -0.4 is 15.6 Å². The average molecular weight is 445 g/mol. The summed E-state index contributed by atoms with van der Waals surface area (Å²) in [5.41, 5.74) is 4.43. The van der Waals surface area contributed by atoms with Gasteiger partial charge >= 0.3 is 0 Å². The van der Waals surface area contributed by atoms with Crippen molar-refractivity contribution in [3.05, 3.63) is 93.3 Å². The number of nitrogens with one attached hydrogen (secondary N) is 3. The molecule has 170 valence electrons. The highest BCUT2D eigenvalue weighted by molar-refractivity contribution is 5.84. The van der Waals surface area contributed by atoms with Crippen molar-refractivity contribution in [2.45, 2.75) is 46.3 Å². The number of carbonyl (C=O) groups excluding carboxylic acids is 1. The standard InChI is InChI=1S/C26H28N4O3/c1-15-9-16(2)11-20(10-15)33-17(3)26(32)30-23(24-13-25(31)29-18(4)28-24)12-19-14-27-22-8-6-5-7-21(19)22/h5-11,13-14,17,23,27H,12H2,1-4H3,(H,30,32)(H,28,29,31). The van der Waals surface area contributed by atoms with Crippen LogP contribution in [0.5, 0.6) is 5.75 Å². The molecule has 0 bridgehead atoms. The van der Waals surface area contributed by atoms with E-state index in [1.165, 1.54) is 6.07 Å². The van der Waals surface area contributed by atoms with E-state index in [0.29, 0.717) is 23.7 Å². The predicted octanol–water partition coefficient (Wildman–Crippen LogP) is 4.04. The Morgan fingerprint density at radius 3 is 2.55 bits per heavy atom. The van der Waals surface area contributed by atoms with E-state index in [1.54, 1.807) is 13.8 Å². The lowest BCUT2D eigenvalue weighted by Crippen LogP contribution is -2.40. The van der Waals surface area contributed by atoms with Crippen LogP contribution in [-0.4, -0.2) is 27.0 Å². The summed E-state index contributed by atoms with van der Waals surface area (Å²) in [6.07, 6.45) is 1.68. The van der Waals surface area contributed by atoms with E-state index in [1.807, 2.05) is 56.4 Å². The first-order valence-electron chi connectivity index (χ1n) is 11.0. The van der Waals surface area contributed by atoms with E-state index in [2.05, 4.69) is 26.3 Å². The van der Waals surface area contributed by atoms with E-state index in [0.717, 1.165) is 27.6 Å². The van der Waals surface area contributed by atoms with Crippen LogP contribution in [0.25, 0.3) is 10.9 Å². The number of hydrogen-bond donors (Lipinski definition) is 3. The summed E-state index contributed by atoms with van der Waals surface area (Å²) in [5, 5.41) is 4.11. The van der Waals surface area contributed by atoms with Crippen LogP contribution in [-0.2, 0) is 11.2 Å². The fourth-order valence-electron chi connectivity index (χ4n) is 4.08. The van der Waals surface area contributed by atoms with Crippen molar-refractivity contribution in [2.24, 2.45) is 0 Å². The number of aromatic amines is 2. The van der Waals surface area contributed by atoms with Crippen LogP contribution in [0.1, 0.15) is 41.2 Å². The van der Waals surface area contributed by atoms with E-state index >= 15 is 0 Å². The molecule has 0 radical (unpaired) electrons. The summed E-state index contributed by atoms with van der Waals surface area (Å²) in [7, 11) is 0. The quantitative estimate of drug-likeness (QED) is 0.400. The first-order valence-corrected chi connectivity index (χ1v) is 11.0. The van der Waals surface area contributed by atoms with Gasteiger partial charge in [-0.3, -0.25) is 9.59 Å². The summed E-state index contributed by atoms with van der Waals surface area (Å²) in [6, 6.07) is 14.8. The maximum Gasteiger partial charge on any atom is 0.261 e. The van der Waals surface area contributed by atoms with E-state index in [4.69, 9.17) is 4.74 Å². The van der Waals surface area contributed by atoms with Gasteiger partial charge in [0.15, 0.2) is 6.10 Å². The Kier molecular flexibility index (Phi) is 6.31. The highest BCUT2D eigenvalue weighted by atomic mass is 16.5.